The van der Waals surface area contributed by atoms with Crippen molar-refractivity contribution in [3.63, 3.8) is 0 Å². The minimum atomic E-state index is -1.29. The van der Waals surface area contributed by atoms with Crippen LogP contribution in [0.5, 0.6) is 5.75 Å². The Morgan fingerprint density at radius 1 is 0.750 bits per heavy atom. The van der Waals surface area contributed by atoms with Gasteiger partial charge < -0.3 is 14.7 Å². The molecule has 0 heterocycles. The summed E-state index contributed by atoms with van der Waals surface area (Å²) < 4.78 is 5.93. The van der Waals surface area contributed by atoms with E-state index in [1.54, 1.807) is 4.90 Å². The number of hydrogen-bond acceptors (Lipinski definition) is 3. The second-order valence-corrected chi connectivity index (χ2v) is 8.98. The number of hydrogen-bond donors (Lipinski definition) is 1. The lowest BCUT2D eigenvalue weighted by atomic mass is 9.83. The quantitative estimate of drug-likeness (QED) is 0.251. The van der Waals surface area contributed by atoms with Crippen molar-refractivity contribution in [1.29, 1.82) is 0 Å². The lowest BCUT2D eigenvalue weighted by Crippen LogP contribution is -2.38. The van der Waals surface area contributed by atoms with Crippen LogP contribution in [-0.4, -0.2) is 28.3 Å². The molecule has 36 heavy (non-hydrogen) atoms. The molecule has 0 aromatic heterocycles. The van der Waals surface area contributed by atoms with Crippen LogP contribution in [0.3, 0.4) is 0 Å². The molecule has 4 aromatic rings. The Labute approximate surface area is 217 Å². The van der Waals surface area contributed by atoms with E-state index in [0.29, 0.717) is 26.1 Å². The van der Waals surface area contributed by atoms with Crippen LogP contribution in [0.25, 0.3) is 0 Å². The summed E-state index contributed by atoms with van der Waals surface area (Å²) in [6.45, 7) is 1.25. The normalized spacial score (nSPS) is 12.5. The molecular formula is C31H30ClNO3. The van der Waals surface area contributed by atoms with Gasteiger partial charge in [-0.05, 0) is 34.4 Å². The number of ether oxygens (including phenoxy) is 1. The predicted molar refractivity (Wildman–Crippen MR) is 144 cm³/mol. The standard InChI is InChI=1S/C31H30ClNO3/c32-22-30(34)33(23-25-10-4-1-5-11-25)21-20-31(35,27-14-8-3-9-15-27)28-16-18-29(19-17-28)36-24-26-12-6-2-7-13-26/h1-19,35H,20-24H2. The third kappa shape index (κ3) is 6.54. The van der Waals surface area contributed by atoms with E-state index in [9.17, 15) is 9.90 Å². The number of alkyl halides is 1. The van der Waals surface area contributed by atoms with Gasteiger partial charge in [0.15, 0.2) is 0 Å². The highest BCUT2D eigenvalue weighted by atomic mass is 35.5. The summed E-state index contributed by atoms with van der Waals surface area (Å²) >= 11 is 5.92. The third-order valence-corrected chi connectivity index (χ3v) is 6.49. The number of nitrogens with zero attached hydrogens (tertiary/aromatic N) is 1. The second-order valence-electron chi connectivity index (χ2n) is 8.71. The summed E-state index contributed by atoms with van der Waals surface area (Å²) in [7, 11) is 0. The summed E-state index contributed by atoms with van der Waals surface area (Å²) in [6, 6.07) is 36.8. The Kier molecular flexibility index (Phi) is 8.77. The van der Waals surface area contributed by atoms with Gasteiger partial charge >= 0.3 is 0 Å². The molecule has 0 fully saturated rings. The first-order valence-electron chi connectivity index (χ1n) is 12.0. The van der Waals surface area contributed by atoms with Crippen LogP contribution in [0, 0.1) is 0 Å². The van der Waals surface area contributed by atoms with Crippen molar-refractivity contribution < 1.29 is 14.6 Å². The molecule has 1 N–H and O–H groups in total. The Balaban J connectivity index is 1.54. The van der Waals surface area contributed by atoms with Gasteiger partial charge in [0, 0.05) is 19.5 Å². The maximum Gasteiger partial charge on any atom is 0.237 e. The molecule has 4 rings (SSSR count). The summed E-state index contributed by atoms with van der Waals surface area (Å²) in [5.74, 6) is 0.450. The van der Waals surface area contributed by atoms with Crippen LogP contribution in [0.4, 0.5) is 0 Å². The van der Waals surface area contributed by atoms with E-state index < -0.39 is 5.60 Å². The van der Waals surface area contributed by atoms with Gasteiger partial charge in [0.2, 0.25) is 5.91 Å². The van der Waals surface area contributed by atoms with Gasteiger partial charge in [0.1, 0.15) is 23.8 Å². The van der Waals surface area contributed by atoms with Crippen LogP contribution in [0.2, 0.25) is 0 Å². The molecule has 0 aliphatic carbocycles. The van der Waals surface area contributed by atoms with E-state index in [4.69, 9.17) is 16.3 Å². The van der Waals surface area contributed by atoms with E-state index in [1.165, 1.54) is 0 Å². The van der Waals surface area contributed by atoms with Crippen molar-refractivity contribution in [3.8, 4) is 5.75 Å². The van der Waals surface area contributed by atoms with Crippen LogP contribution in [0.1, 0.15) is 28.7 Å². The summed E-state index contributed by atoms with van der Waals surface area (Å²) in [5, 5.41) is 12.0. The fourth-order valence-corrected chi connectivity index (χ4v) is 4.38. The molecule has 4 aromatic carbocycles. The molecule has 184 valence electrons. The molecule has 0 radical (unpaired) electrons. The van der Waals surface area contributed by atoms with Crippen LogP contribution in [-0.2, 0) is 23.5 Å². The fraction of sp³-hybridized carbons (Fsp3) is 0.194. The average molecular weight is 500 g/mol. The van der Waals surface area contributed by atoms with Crippen molar-refractivity contribution in [2.45, 2.75) is 25.2 Å². The third-order valence-electron chi connectivity index (χ3n) is 6.26. The maximum absolute atomic E-state index is 12.6. The molecule has 0 saturated heterocycles. The van der Waals surface area contributed by atoms with Crippen molar-refractivity contribution in [2.24, 2.45) is 0 Å². The Bertz CT molecular complexity index is 1220. The first kappa shape index (κ1) is 25.5. The predicted octanol–water partition coefficient (Wildman–Crippen LogP) is 6.16. The van der Waals surface area contributed by atoms with E-state index in [1.807, 2.05) is 115 Å². The van der Waals surface area contributed by atoms with Gasteiger partial charge in [0.05, 0.1) is 0 Å². The fourth-order valence-electron chi connectivity index (χ4n) is 4.21. The van der Waals surface area contributed by atoms with E-state index in [0.717, 1.165) is 28.0 Å². The Hall–Kier alpha value is -3.60. The van der Waals surface area contributed by atoms with Gasteiger partial charge in [-0.15, -0.1) is 11.6 Å². The number of benzene rings is 4. The zero-order chi connectivity index (χ0) is 25.2. The number of carbonyl (C=O) groups excluding carboxylic acids is 1. The highest BCUT2D eigenvalue weighted by molar-refractivity contribution is 6.27. The molecule has 0 saturated carbocycles. The topological polar surface area (TPSA) is 49.8 Å². The molecule has 1 amide bonds. The molecule has 0 spiro atoms. The van der Waals surface area contributed by atoms with E-state index in [-0.39, 0.29) is 11.8 Å². The minimum Gasteiger partial charge on any atom is -0.489 e. The molecule has 1 atom stereocenters. The average Bonchev–Trinajstić information content (AvgIpc) is 2.95. The van der Waals surface area contributed by atoms with Crippen molar-refractivity contribution in [2.75, 3.05) is 12.4 Å². The maximum atomic E-state index is 12.6. The summed E-state index contributed by atoms with van der Waals surface area (Å²) in [5.41, 5.74) is 2.31. The van der Waals surface area contributed by atoms with Crippen molar-refractivity contribution in [3.05, 3.63) is 138 Å². The molecule has 0 aliphatic heterocycles. The van der Waals surface area contributed by atoms with Crippen LogP contribution in [0.15, 0.2) is 115 Å². The molecule has 5 heteroatoms. The molecule has 0 aliphatic rings. The van der Waals surface area contributed by atoms with Crippen LogP contribution >= 0.6 is 11.6 Å². The first-order chi connectivity index (χ1) is 17.6. The smallest absolute Gasteiger partial charge is 0.237 e. The minimum absolute atomic E-state index is 0.107. The van der Waals surface area contributed by atoms with Gasteiger partial charge in [0.25, 0.3) is 0 Å². The molecule has 1 unspecified atom stereocenters. The van der Waals surface area contributed by atoms with Crippen molar-refractivity contribution >= 4 is 17.5 Å². The van der Waals surface area contributed by atoms with Gasteiger partial charge in [-0.3, -0.25) is 4.79 Å². The molecule has 4 nitrogen and oxygen atoms in total. The first-order valence-corrected chi connectivity index (χ1v) is 12.5. The summed E-state index contributed by atoms with van der Waals surface area (Å²) in [4.78, 5) is 14.3. The van der Waals surface area contributed by atoms with Gasteiger partial charge in [-0.25, -0.2) is 0 Å². The number of amides is 1. The van der Waals surface area contributed by atoms with Crippen molar-refractivity contribution in [1.82, 2.24) is 4.90 Å². The lowest BCUT2D eigenvalue weighted by molar-refractivity contribution is -0.129. The van der Waals surface area contributed by atoms with E-state index >= 15 is 0 Å². The largest absolute Gasteiger partial charge is 0.489 e. The van der Waals surface area contributed by atoms with Gasteiger partial charge in [-0.1, -0.05) is 103 Å². The Morgan fingerprint density at radius 3 is 1.86 bits per heavy atom. The zero-order valence-electron chi connectivity index (χ0n) is 20.1. The van der Waals surface area contributed by atoms with Gasteiger partial charge in [-0.2, -0.15) is 0 Å². The lowest BCUT2D eigenvalue weighted by Gasteiger charge is -2.32. The molecular weight excluding hydrogens is 470 g/mol. The number of rotatable bonds is 11. The monoisotopic (exact) mass is 499 g/mol. The van der Waals surface area contributed by atoms with Crippen LogP contribution < -0.4 is 4.74 Å². The number of halogens is 1. The number of aliphatic hydroxyl groups is 1. The zero-order valence-corrected chi connectivity index (χ0v) is 20.9. The summed E-state index contributed by atoms with van der Waals surface area (Å²) in [6.07, 6.45) is 0.316. The SMILES string of the molecule is O=C(CCl)N(CCC(O)(c1ccccc1)c1ccc(OCc2ccccc2)cc1)Cc1ccccc1. The Morgan fingerprint density at radius 2 is 1.28 bits per heavy atom. The van der Waals surface area contributed by atoms with E-state index in [2.05, 4.69) is 0 Å². The second kappa shape index (κ2) is 12.4. The number of carbonyl (C=O) groups is 1. The molecule has 0 bridgehead atoms. The highest BCUT2D eigenvalue weighted by Gasteiger charge is 2.32. The highest BCUT2D eigenvalue weighted by Crippen LogP contribution is 2.34.